The van der Waals surface area contributed by atoms with E-state index in [0.29, 0.717) is 23.0 Å². The Hall–Kier alpha value is -3.03. The van der Waals surface area contributed by atoms with Crippen LogP contribution in [0.3, 0.4) is 0 Å². The Kier molecular flexibility index (Phi) is 7.86. The van der Waals surface area contributed by atoms with Gasteiger partial charge in [-0.2, -0.15) is 5.10 Å². The van der Waals surface area contributed by atoms with Crippen molar-refractivity contribution >= 4 is 29.0 Å². The molecule has 1 fully saturated rings. The standard InChI is InChI=1S/C25H30ClN5O2/c1-2-31-24(11-12-27-31)22-18-21(33-16-15-30-13-4-3-5-14-30)9-10-23(22)29-25(32)28-20-8-6-7-19(26)17-20/h6-12,17-18H,2-5,13-16H2,1H3,(H2,28,29,32). The normalized spacial score (nSPS) is 14.1. The molecule has 0 unspecified atom stereocenters. The third-order valence-corrected chi connectivity index (χ3v) is 5.97. The fourth-order valence-electron chi connectivity index (χ4n) is 4.07. The maximum Gasteiger partial charge on any atom is 0.323 e. The number of anilines is 2. The molecule has 1 aliphatic rings. The van der Waals surface area contributed by atoms with Crippen molar-refractivity contribution in [3.63, 3.8) is 0 Å². The van der Waals surface area contributed by atoms with Crippen LogP contribution in [-0.2, 0) is 6.54 Å². The lowest BCUT2D eigenvalue weighted by Gasteiger charge is -2.26. The van der Waals surface area contributed by atoms with Crippen LogP contribution in [0, 0.1) is 0 Å². The maximum absolute atomic E-state index is 12.7. The summed E-state index contributed by atoms with van der Waals surface area (Å²) in [6.07, 6.45) is 5.62. The number of aromatic nitrogens is 2. The van der Waals surface area contributed by atoms with Gasteiger partial charge in [0.1, 0.15) is 12.4 Å². The topological polar surface area (TPSA) is 71.4 Å². The average Bonchev–Trinajstić information content (AvgIpc) is 3.29. The number of carbonyl (C=O) groups excluding carboxylic acids is 1. The lowest BCUT2D eigenvalue weighted by molar-refractivity contribution is 0.183. The molecule has 2 aromatic carbocycles. The highest BCUT2D eigenvalue weighted by molar-refractivity contribution is 6.30. The summed E-state index contributed by atoms with van der Waals surface area (Å²) in [5.41, 5.74) is 3.06. The Morgan fingerprint density at radius 3 is 2.73 bits per heavy atom. The highest BCUT2D eigenvalue weighted by atomic mass is 35.5. The number of benzene rings is 2. The van der Waals surface area contributed by atoms with E-state index < -0.39 is 0 Å². The smallest absolute Gasteiger partial charge is 0.323 e. The Labute approximate surface area is 199 Å². The number of carbonyl (C=O) groups is 1. The van der Waals surface area contributed by atoms with Crippen molar-refractivity contribution in [2.24, 2.45) is 0 Å². The van der Waals surface area contributed by atoms with Gasteiger partial charge in [-0.05, 0) is 75.3 Å². The molecule has 7 nitrogen and oxygen atoms in total. The summed E-state index contributed by atoms with van der Waals surface area (Å²) in [7, 11) is 0. The van der Waals surface area contributed by atoms with Crippen LogP contribution in [0.25, 0.3) is 11.3 Å². The second-order valence-corrected chi connectivity index (χ2v) is 8.52. The van der Waals surface area contributed by atoms with E-state index in [9.17, 15) is 4.79 Å². The summed E-state index contributed by atoms with van der Waals surface area (Å²) >= 11 is 6.02. The van der Waals surface area contributed by atoms with Gasteiger partial charge >= 0.3 is 6.03 Å². The molecule has 2 heterocycles. The zero-order valence-corrected chi connectivity index (χ0v) is 19.6. The lowest BCUT2D eigenvalue weighted by atomic mass is 10.1. The molecule has 0 bridgehead atoms. The van der Waals surface area contributed by atoms with Crippen LogP contribution in [0.4, 0.5) is 16.2 Å². The Bertz CT molecular complexity index is 1080. The van der Waals surface area contributed by atoms with E-state index in [1.54, 1.807) is 30.5 Å². The number of nitrogens with one attached hydrogen (secondary N) is 2. The quantitative estimate of drug-likeness (QED) is 0.443. The van der Waals surface area contributed by atoms with E-state index in [4.69, 9.17) is 16.3 Å². The van der Waals surface area contributed by atoms with Gasteiger partial charge in [-0.3, -0.25) is 9.58 Å². The van der Waals surface area contributed by atoms with Crippen molar-refractivity contribution in [2.45, 2.75) is 32.7 Å². The molecule has 0 atom stereocenters. The predicted octanol–water partition coefficient (Wildman–Crippen LogP) is 5.73. The van der Waals surface area contributed by atoms with E-state index in [2.05, 4.69) is 20.6 Å². The van der Waals surface area contributed by atoms with Crippen molar-refractivity contribution in [3.05, 3.63) is 59.8 Å². The van der Waals surface area contributed by atoms with E-state index in [-0.39, 0.29) is 6.03 Å². The number of aryl methyl sites for hydroxylation is 1. The number of halogens is 1. The van der Waals surface area contributed by atoms with Crippen molar-refractivity contribution in [1.82, 2.24) is 14.7 Å². The summed E-state index contributed by atoms with van der Waals surface area (Å²) in [5.74, 6) is 0.770. The van der Waals surface area contributed by atoms with Crippen LogP contribution >= 0.6 is 11.6 Å². The van der Waals surface area contributed by atoms with Gasteiger partial charge in [-0.1, -0.05) is 24.1 Å². The highest BCUT2D eigenvalue weighted by Crippen LogP contribution is 2.32. The zero-order chi connectivity index (χ0) is 23.0. The SMILES string of the molecule is CCn1nccc1-c1cc(OCCN2CCCCC2)ccc1NC(=O)Nc1cccc(Cl)c1. The molecule has 2 amide bonds. The molecule has 0 aliphatic carbocycles. The summed E-state index contributed by atoms with van der Waals surface area (Å²) in [4.78, 5) is 15.1. The molecule has 174 valence electrons. The monoisotopic (exact) mass is 467 g/mol. The van der Waals surface area contributed by atoms with E-state index >= 15 is 0 Å². The van der Waals surface area contributed by atoms with Crippen LogP contribution in [0.5, 0.6) is 5.75 Å². The number of hydrogen-bond acceptors (Lipinski definition) is 4. The van der Waals surface area contributed by atoms with E-state index in [0.717, 1.165) is 43.2 Å². The summed E-state index contributed by atoms with van der Waals surface area (Å²) in [6, 6.07) is 14.4. The first-order chi connectivity index (χ1) is 16.1. The van der Waals surface area contributed by atoms with Crippen LogP contribution in [0.2, 0.25) is 5.02 Å². The van der Waals surface area contributed by atoms with Gasteiger partial charge < -0.3 is 15.4 Å². The fourth-order valence-corrected chi connectivity index (χ4v) is 4.26. The third kappa shape index (κ3) is 6.27. The molecule has 0 saturated carbocycles. The zero-order valence-electron chi connectivity index (χ0n) is 18.9. The van der Waals surface area contributed by atoms with Crippen LogP contribution in [-0.4, -0.2) is 47.0 Å². The number of urea groups is 1. The average molecular weight is 468 g/mol. The van der Waals surface area contributed by atoms with Crippen molar-refractivity contribution in [1.29, 1.82) is 0 Å². The number of piperidine rings is 1. The summed E-state index contributed by atoms with van der Waals surface area (Å²) in [5, 5.41) is 10.7. The van der Waals surface area contributed by atoms with E-state index in [1.165, 1.54) is 19.3 Å². The Balaban J connectivity index is 1.49. The molecule has 1 aliphatic heterocycles. The van der Waals surface area contributed by atoms with Gasteiger partial charge in [0.05, 0.1) is 11.4 Å². The van der Waals surface area contributed by atoms with Crippen molar-refractivity contribution < 1.29 is 9.53 Å². The first-order valence-electron chi connectivity index (χ1n) is 11.5. The molecule has 33 heavy (non-hydrogen) atoms. The van der Waals surface area contributed by atoms with Gasteiger partial charge in [0.15, 0.2) is 0 Å². The minimum atomic E-state index is -0.347. The van der Waals surface area contributed by atoms with Gasteiger partial charge in [-0.15, -0.1) is 0 Å². The number of rotatable bonds is 8. The summed E-state index contributed by atoms with van der Waals surface area (Å²) in [6.45, 7) is 6.60. The van der Waals surface area contributed by atoms with Crippen LogP contribution in [0.1, 0.15) is 26.2 Å². The maximum atomic E-state index is 12.7. The van der Waals surface area contributed by atoms with Crippen LogP contribution in [0.15, 0.2) is 54.7 Å². The van der Waals surface area contributed by atoms with Crippen molar-refractivity contribution in [2.75, 3.05) is 36.9 Å². The molecule has 4 rings (SSSR count). The Morgan fingerprint density at radius 2 is 1.94 bits per heavy atom. The van der Waals surface area contributed by atoms with Crippen molar-refractivity contribution in [3.8, 4) is 17.0 Å². The molecule has 3 aromatic rings. The molecule has 0 radical (unpaired) electrons. The highest BCUT2D eigenvalue weighted by Gasteiger charge is 2.15. The number of nitrogens with zero attached hydrogens (tertiary/aromatic N) is 3. The molecule has 0 spiro atoms. The molecule has 1 aromatic heterocycles. The minimum absolute atomic E-state index is 0.347. The van der Waals surface area contributed by atoms with Gasteiger partial charge in [-0.25, -0.2) is 4.79 Å². The molecule has 8 heteroatoms. The fraction of sp³-hybridized carbons (Fsp3) is 0.360. The lowest BCUT2D eigenvalue weighted by Crippen LogP contribution is -2.33. The molecule has 2 N–H and O–H groups in total. The largest absolute Gasteiger partial charge is 0.492 e. The number of hydrogen-bond donors (Lipinski definition) is 2. The third-order valence-electron chi connectivity index (χ3n) is 5.74. The molecule has 1 saturated heterocycles. The predicted molar refractivity (Wildman–Crippen MR) is 133 cm³/mol. The summed E-state index contributed by atoms with van der Waals surface area (Å²) < 4.78 is 7.97. The minimum Gasteiger partial charge on any atom is -0.492 e. The Morgan fingerprint density at radius 1 is 1.09 bits per heavy atom. The first kappa shape index (κ1) is 23.1. The van der Waals surface area contributed by atoms with Crippen LogP contribution < -0.4 is 15.4 Å². The first-order valence-corrected chi connectivity index (χ1v) is 11.8. The number of amides is 2. The second-order valence-electron chi connectivity index (χ2n) is 8.08. The molecular formula is C25H30ClN5O2. The number of likely N-dealkylation sites (tertiary alicyclic amines) is 1. The number of ether oxygens (including phenoxy) is 1. The van der Waals surface area contributed by atoms with Gasteiger partial charge in [0.2, 0.25) is 0 Å². The van der Waals surface area contributed by atoms with Gasteiger partial charge in [0.25, 0.3) is 0 Å². The second kappa shape index (κ2) is 11.2. The molecular weight excluding hydrogens is 438 g/mol. The van der Waals surface area contributed by atoms with E-state index in [1.807, 2.05) is 35.9 Å². The van der Waals surface area contributed by atoms with Gasteiger partial charge in [0, 0.05) is 35.6 Å².